The van der Waals surface area contributed by atoms with Gasteiger partial charge in [-0.15, -0.1) is 0 Å². The average molecular weight is 343 g/mol. The summed E-state index contributed by atoms with van der Waals surface area (Å²) < 4.78 is 26.5. The van der Waals surface area contributed by atoms with Crippen molar-refractivity contribution in [1.82, 2.24) is 9.88 Å². The van der Waals surface area contributed by atoms with Crippen molar-refractivity contribution in [3.63, 3.8) is 0 Å². The first-order chi connectivity index (χ1) is 12.2. The molecule has 132 valence electrons. The molecule has 1 saturated heterocycles. The van der Waals surface area contributed by atoms with Gasteiger partial charge in [0.05, 0.1) is 0 Å². The lowest BCUT2D eigenvalue weighted by atomic mass is 10.0. The molecule has 25 heavy (non-hydrogen) atoms. The van der Waals surface area contributed by atoms with Gasteiger partial charge in [-0.3, -0.25) is 0 Å². The molecule has 0 atom stereocenters. The Bertz CT molecular complexity index is 741. The maximum Gasteiger partial charge on any atom is 0.218 e. The van der Waals surface area contributed by atoms with E-state index in [4.69, 9.17) is 0 Å². The zero-order valence-electron chi connectivity index (χ0n) is 14.3. The van der Waals surface area contributed by atoms with Crippen LogP contribution >= 0.6 is 0 Å². The number of hydrogen-bond acceptors (Lipinski definition) is 3. The van der Waals surface area contributed by atoms with E-state index in [9.17, 15) is 8.78 Å². The Balaban J connectivity index is 1.30. The highest BCUT2D eigenvalue weighted by atomic mass is 19.1. The maximum absolute atomic E-state index is 13.6. The van der Waals surface area contributed by atoms with Gasteiger partial charge < -0.3 is 9.80 Å². The highest BCUT2D eigenvalue weighted by Gasteiger charge is 2.28. The summed E-state index contributed by atoms with van der Waals surface area (Å²) in [6.45, 7) is 3.98. The van der Waals surface area contributed by atoms with Gasteiger partial charge >= 0.3 is 0 Å². The Morgan fingerprint density at radius 3 is 2.60 bits per heavy atom. The van der Waals surface area contributed by atoms with Crippen LogP contribution in [0.5, 0.6) is 0 Å². The Labute approximate surface area is 147 Å². The number of nitrogens with zero attached hydrogens (tertiary/aromatic N) is 3. The summed E-state index contributed by atoms with van der Waals surface area (Å²) in [6.07, 6.45) is 4.00. The first-order valence-electron chi connectivity index (χ1n) is 9.08. The fraction of sp³-hybridized carbons (Fsp3) is 0.450. The van der Waals surface area contributed by atoms with Crippen molar-refractivity contribution in [2.24, 2.45) is 0 Å². The number of halogens is 2. The third-order valence-corrected chi connectivity index (χ3v) is 5.51. The molecule has 0 radical (unpaired) electrons. The van der Waals surface area contributed by atoms with Crippen LogP contribution in [0.4, 0.5) is 14.5 Å². The number of fused-ring (bicyclic) bond motifs is 1. The lowest BCUT2D eigenvalue weighted by Gasteiger charge is -2.38. The van der Waals surface area contributed by atoms with Crippen LogP contribution in [0.1, 0.15) is 24.0 Å². The summed E-state index contributed by atoms with van der Waals surface area (Å²) in [7, 11) is 0. The molecule has 0 spiro atoms. The molecule has 1 fully saturated rings. The van der Waals surface area contributed by atoms with E-state index < -0.39 is 11.9 Å². The Morgan fingerprint density at radius 2 is 1.80 bits per heavy atom. The molecule has 2 aliphatic rings. The zero-order chi connectivity index (χ0) is 17.2. The smallest absolute Gasteiger partial charge is 0.218 e. The first-order valence-corrected chi connectivity index (χ1v) is 9.08. The number of para-hydroxylation sites is 1. The van der Waals surface area contributed by atoms with Gasteiger partial charge in [0.1, 0.15) is 0 Å². The Morgan fingerprint density at radius 1 is 1.00 bits per heavy atom. The zero-order valence-corrected chi connectivity index (χ0v) is 14.3. The molecule has 2 aromatic rings. The highest BCUT2D eigenvalue weighted by Crippen LogP contribution is 2.32. The van der Waals surface area contributed by atoms with Gasteiger partial charge in [-0.25, -0.2) is 0 Å². The largest absolute Gasteiger partial charge is 0.368 e. The van der Waals surface area contributed by atoms with Gasteiger partial charge in [0.25, 0.3) is 0 Å². The molecule has 0 unspecified atom stereocenters. The van der Waals surface area contributed by atoms with Crippen molar-refractivity contribution in [2.45, 2.75) is 31.7 Å². The van der Waals surface area contributed by atoms with E-state index >= 15 is 0 Å². The lowest BCUT2D eigenvalue weighted by Crippen LogP contribution is -2.45. The number of aromatic nitrogens is 1. The normalized spacial score (nSPS) is 18.6. The van der Waals surface area contributed by atoms with Crippen molar-refractivity contribution >= 4 is 5.69 Å². The number of piperidine rings is 1. The molecule has 0 amide bonds. The summed E-state index contributed by atoms with van der Waals surface area (Å²) in [5.74, 6) is -1.43. The standard InChI is InChI=1S/C20H23F2N3/c21-19-6-5-16(20(22)23-19)7-11-24-12-9-17(10-13-24)25-14-8-15-3-1-2-4-18(15)25/h1-6,17H,7-14H2. The summed E-state index contributed by atoms with van der Waals surface area (Å²) >= 11 is 0. The number of anilines is 1. The number of hydrogen-bond donors (Lipinski definition) is 0. The van der Waals surface area contributed by atoms with Crippen LogP contribution in [0.15, 0.2) is 36.4 Å². The van der Waals surface area contributed by atoms with Crippen LogP contribution in [0, 0.1) is 11.9 Å². The molecule has 2 aliphatic heterocycles. The molecule has 0 saturated carbocycles. The predicted molar refractivity (Wildman–Crippen MR) is 94.8 cm³/mol. The molecular formula is C20H23F2N3. The topological polar surface area (TPSA) is 19.4 Å². The molecule has 3 heterocycles. The molecule has 0 aliphatic carbocycles. The molecule has 5 heteroatoms. The van der Waals surface area contributed by atoms with Crippen molar-refractivity contribution in [3.05, 3.63) is 59.4 Å². The van der Waals surface area contributed by atoms with Crippen LogP contribution in [0.3, 0.4) is 0 Å². The van der Waals surface area contributed by atoms with E-state index in [0.29, 0.717) is 18.0 Å². The summed E-state index contributed by atoms with van der Waals surface area (Å²) in [5.41, 5.74) is 3.36. The third kappa shape index (κ3) is 3.52. The van der Waals surface area contributed by atoms with Crippen LogP contribution in [-0.2, 0) is 12.8 Å². The van der Waals surface area contributed by atoms with Gasteiger partial charge in [0.15, 0.2) is 0 Å². The van der Waals surface area contributed by atoms with Gasteiger partial charge in [-0.05, 0) is 49.4 Å². The third-order valence-electron chi connectivity index (χ3n) is 5.51. The minimum absolute atomic E-state index is 0.497. The van der Waals surface area contributed by atoms with Crippen molar-refractivity contribution in [3.8, 4) is 0 Å². The van der Waals surface area contributed by atoms with Crippen molar-refractivity contribution in [2.75, 3.05) is 31.1 Å². The summed E-state index contributed by atoms with van der Waals surface area (Å²) in [6, 6.07) is 12.0. The van der Waals surface area contributed by atoms with Crippen molar-refractivity contribution < 1.29 is 8.78 Å². The van der Waals surface area contributed by atoms with Gasteiger partial charge in [-0.2, -0.15) is 13.8 Å². The second-order valence-corrected chi connectivity index (χ2v) is 6.98. The Kier molecular flexibility index (Phi) is 4.66. The van der Waals surface area contributed by atoms with Gasteiger partial charge in [0.2, 0.25) is 11.9 Å². The molecule has 0 N–H and O–H groups in total. The summed E-state index contributed by atoms with van der Waals surface area (Å²) in [4.78, 5) is 8.21. The number of benzene rings is 1. The predicted octanol–water partition coefficient (Wildman–Crippen LogP) is 3.43. The minimum atomic E-state index is -0.757. The first kappa shape index (κ1) is 16.5. The quantitative estimate of drug-likeness (QED) is 0.793. The second-order valence-electron chi connectivity index (χ2n) is 6.98. The number of pyridine rings is 1. The fourth-order valence-corrected chi connectivity index (χ4v) is 4.10. The second kappa shape index (κ2) is 7.08. The van der Waals surface area contributed by atoms with E-state index in [1.807, 2.05) is 0 Å². The Hall–Kier alpha value is -2.01. The van der Waals surface area contributed by atoms with E-state index in [2.05, 4.69) is 39.0 Å². The fourth-order valence-electron chi connectivity index (χ4n) is 4.10. The van der Waals surface area contributed by atoms with Crippen LogP contribution in [-0.4, -0.2) is 42.1 Å². The van der Waals surface area contributed by atoms with Gasteiger partial charge in [0, 0.05) is 43.5 Å². The minimum Gasteiger partial charge on any atom is -0.368 e. The molecular weight excluding hydrogens is 320 g/mol. The molecule has 1 aromatic carbocycles. The number of rotatable bonds is 4. The SMILES string of the molecule is Fc1ccc(CCN2CCC(N3CCc4ccccc43)CC2)c(F)n1. The van der Waals surface area contributed by atoms with Crippen LogP contribution in [0.2, 0.25) is 0 Å². The summed E-state index contributed by atoms with van der Waals surface area (Å²) in [5, 5.41) is 0. The molecule has 4 rings (SSSR count). The lowest BCUT2D eigenvalue weighted by molar-refractivity contribution is 0.211. The van der Waals surface area contributed by atoms with E-state index in [-0.39, 0.29) is 0 Å². The van der Waals surface area contributed by atoms with Crippen LogP contribution in [0.25, 0.3) is 0 Å². The highest BCUT2D eigenvalue weighted by molar-refractivity contribution is 5.58. The van der Waals surface area contributed by atoms with Crippen LogP contribution < -0.4 is 4.90 Å². The molecule has 0 bridgehead atoms. The molecule has 3 nitrogen and oxygen atoms in total. The average Bonchev–Trinajstić information content (AvgIpc) is 3.06. The van der Waals surface area contributed by atoms with E-state index in [1.54, 1.807) is 0 Å². The monoisotopic (exact) mass is 343 g/mol. The number of likely N-dealkylation sites (tertiary alicyclic amines) is 1. The maximum atomic E-state index is 13.6. The van der Waals surface area contributed by atoms with E-state index in [1.165, 1.54) is 23.4 Å². The van der Waals surface area contributed by atoms with Gasteiger partial charge in [-0.1, -0.05) is 18.2 Å². The van der Waals surface area contributed by atoms with E-state index in [0.717, 1.165) is 45.4 Å². The van der Waals surface area contributed by atoms with Crippen molar-refractivity contribution in [1.29, 1.82) is 0 Å². The molecule has 1 aromatic heterocycles.